The molecule has 1 saturated carbocycles. The van der Waals surface area contributed by atoms with Gasteiger partial charge in [0.2, 0.25) is 0 Å². The molecular formula is C21H39NO. The lowest BCUT2D eigenvalue weighted by molar-refractivity contribution is 0.0637. The second-order valence-electron chi connectivity index (χ2n) is 6.50. The van der Waals surface area contributed by atoms with Crippen molar-refractivity contribution in [1.29, 1.82) is 0 Å². The van der Waals surface area contributed by atoms with Gasteiger partial charge in [-0.15, -0.1) is 0 Å². The molecule has 2 aliphatic rings. The predicted molar refractivity (Wildman–Crippen MR) is 104 cm³/mol. The molecule has 1 atom stereocenters. The topological polar surface area (TPSA) is 23.5 Å². The van der Waals surface area contributed by atoms with Crippen LogP contribution in [0.5, 0.6) is 0 Å². The molecule has 1 heterocycles. The molecule has 134 valence electrons. The average molecular weight is 322 g/mol. The molecule has 1 saturated heterocycles. The molecule has 0 spiro atoms. The number of anilines is 1. The van der Waals surface area contributed by atoms with E-state index < -0.39 is 0 Å². The monoisotopic (exact) mass is 321 g/mol. The van der Waals surface area contributed by atoms with Crippen molar-refractivity contribution in [3.63, 3.8) is 0 Å². The van der Waals surface area contributed by atoms with Crippen molar-refractivity contribution in [1.82, 2.24) is 0 Å². The normalized spacial score (nSPS) is 20.7. The Kier molecular flexibility index (Phi) is 11.9. The van der Waals surface area contributed by atoms with Gasteiger partial charge >= 0.3 is 0 Å². The van der Waals surface area contributed by atoms with Crippen molar-refractivity contribution in [3.8, 4) is 0 Å². The maximum absolute atomic E-state index is 8.65. The number of nitrogens with zero attached hydrogens (tertiary/aromatic N) is 1. The van der Waals surface area contributed by atoms with Crippen molar-refractivity contribution in [2.24, 2.45) is 11.3 Å². The summed E-state index contributed by atoms with van der Waals surface area (Å²) in [4.78, 5) is 2.46. The highest BCUT2D eigenvalue weighted by Crippen LogP contribution is 2.39. The van der Waals surface area contributed by atoms with Crippen LogP contribution in [0.25, 0.3) is 0 Å². The number of aliphatic hydroxyl groups is 1. The summed E-state index contributed by atoms with van der Waals surface area (Å²) in [5.41, 5.74) is 1.70. The molecule has 2 heteroatoms. The van der Waals surface area contributed by atoms with Crippen LogP contribution in [-0.2, 0) is 0 Å². The van der Waals surface area contributed by atoms with Gasteiger partial charge in [-0.3, -0.25) is 0 Å². The number of para-hydroxylation sites is 1. The molecule has 0 bridgehead atoms. The van der Waals surface area contributed by atoms with E-state index in [-0.39, 0.29) is 0 Å². The molecule has 23 heavy (non-hydrogen) atoms. The smallest absolute Gasteiger partial charge is 0.0484 e. The molecule has 1 aliphatic heterocycles. The van der Waals surface area contributed by atoms with E-state index in [1.54, 1.807) is 0 Å². The van der Waals surface area contributed by atoms with Crippen molar-refractivity contribution in [2.75, 3.05) is 24.6 Å². The third-order valence-electron chi connectivity index (χ3n) is 4.49. The van der Waals surface area contributed by atoms with E-state index >= 15 is 0 Å². The Hall–Kier alpha value is -1.02. The van der Waals surface area contributed by atoms with E-state index in [0.717, 1.165) is 5.92 Å². The maximum atomic E-state index is 8.65. The van der Waals surface area contributed by atoms with Gasteiger partial charge in [0.05, 0.1) is 0 Å². The van der Waals surface area contributed by atoms with Crippen molar-refractivity contribution >= 4 is 5.69 Å². The summed E-state index contributed by atoms with van der Waals surface area (Å²) in [5, 5.41) is 8.65. The molecule has 2 fully saturated rings. The van der Waals surface area contributed by atoms with Gasteiger partial charge in [0.15, 0.2) is 0 Å². The Morgan fingerprint density at radius 1 is 1.09 bits per heavy atom. The van der Waals surface area contributed by atoms with E-state index in [9.17, 15) is 0 Å². The zero-order valence-electron chi connectivity index (χ0n) is 16.3. The minimum Gasteiger partial charge on any atom is -0.396 e. The third kappa shape index (κ3) is 7.87. The molecule has 2 nitrogen and oxygen atoms in total. The Morgan fingerprint density at radius 3 is 1.96 bits per heavy atom. The summed E-state index contributed by atoms with van der Waals surface area (Å²) < 4.78 is 0. The van der Waals surface area contributed by atoms with E-state index in [2.05, 4.69) is 49.1 Å². The van der Waals surface area contributed by atoms with Crippen LogP contribution >= 0.6 is 0 Å². The summed E-state index contributed by atoms with van der Waals surface area (Å²) >= 11 is 0. The van der Waals surface area contributed by atoms with Gasteiger partial charge in [0, 0.05) is 25.4 Å². The Bertz CT molecular complexity index is 367. The maximum Gasteiger partial charge on any atom is 0.0484 e. The summed E-state index contributed by atoms with van der Waals surface area (Å²) in [6, 6.07) is 10.7. The van der Waals surface area contributed by atoms with Crippen LogP contribution in [0.2, 0.25) is 0 Å². The van der Waals surface area contributed by atoms with Crippen LogP contribution in [-0.4, -0.2) is 24.8 Å². The minimum absolute atomic E-state index is 0.319. The summed E-state index contributed by atoms with van der Waals surface area (Å²) in [7, 11) is 0. The standard InChI is InChI=1S/C11H15N.C6H12O.2C2H6/c1-10-7-8-12(9-10)11-5-3-2-4-6-11;1-6(5-7)3-2-4-6;2*1-2/h2-6,10H,7-9H2,1H3;7H,2-5H2,1H3;2*1-2H3. The van der Waals surface area contributed by atoms with E-state index in [1.165, 1.54) is 44.5 Å². The van der Waals surface area contributed by atoms with Crippen LogP contribution in [0.15, 0.2) is 30.3 Å². The molecule has 0 radical (unpaired) electrons. The highest BCUT2D eigenvalue weighted by Gasteiger charge is 2.30. The fraction of sp³-hybridized carbons (Fsp3) is 0.714. The Morgan fingerprint density at radius 2 is 1.65 bits per heavy atom. The van der Waals surface area contributed by atoms with Crippen molar-refractivity contribution in [2.45, 2.75) is 67.2 Å². The molecule has 1 aromatic carbocycles. The molecule has 1 N–H and O–H groups in total. The molecular weight excluding hydrogens is 282 g/mol. The fourth-order valence-corrected chi connectivity index (χ4v) is 2.75. The van der Waals surface area contributed by atoms with Crippen molar-refractivity contribution in [3.05, 3.63) is 30.3 Å². The number of hydrogen-bond acceptors (Lipinski definition) is 2. The third-order valence-corrected chi connectivity index (χ3v) is 4.49. The van der Waals surface area contributed by atoms with Gasteiger partial charge in [0.1, 0.15) is 0 Å². The number of hydrogen-bond donors (Lipinski definition) is 1. The number of aliphatic hydroxyl groups excluding tert-OH is 1. The van der Waals surface area contributed by atoms with Gasteiger partial charge in [-0.2, -0.15) is 0 Å². The van der Waals surface area contributed by atoms with Gasteiger partial charge in [-0.1, -0.05) is 66.2 Å². The molecule has 0 amide bonds. The molecule has 1 aromatic rings. The van der Waals surface area contributed by atoms with E-state index in [1.807, 2.05) is 27.7 Å². The highest BCUT2D eigenvalue weighted by molar-refractivity contribution is 5.46. The molecule has 3 rings (SSSR count). The minimum atomic E-state index is 0.319. The Balaban J connectivity index is 0.000000377. The van der Waals surface area contributed by atoms with Gasteiger partial charge in [-0.05, 0) is 42.7 Å². The average Bonchev–Trinajstić information content (AvgIpc) is 3.04. The highest BCUT2D eigenvalue weighted by atomic mass is 16.3. The zero-order valence-corrected chi connectivity index (χ0v) is 16.3. The molecule has 0 aromatic heterocycles. The van der Waals surface area contributed by atoms with Crippen LogP contribution in [0.4, 0.5) is 5.69 Å². The summed E-state index contributed by atoms with van der Waals surface area (Å²) in [6.45, 7) is 15.3. The van der Waals surface area contributed by atoms with Crippen LogP contribution in [0.3, 0.4) is 0 Å². The van der Waals surface area contributed by atoms with Gasteiger partial charge < -0.3 is 10.0 Å². The fourth-order valence-electron chi connectivity index (χ4n) is 2.75. The lowest BCUT2D eigenvalue weighted by Gasteiger charge is -2.36. The largest absolute Gasteiger partial charge is 0.396 e. The first-order valence-electron chi connectivity index (χ1n) is 9.54. The van der Waals surface area contributed by atoms with Crippen LogP contribution in [0, 0.1) is 11.3 Å². The van der Waals surface area contributed by atoms with E-state index in [0.29, 0.717) is 12.0 Å². The predicted octanol–water partition coefficient (Wildman–Crippen LogP) is 5.75. The lowest BCUT2D eigenvalue weighted by atomic mass is 9.71. The van der Waals surface area contributed by atoms with Crippen LogP contribution < -0.4 is 4.90 Å². The molecule has 1 aliphatic carbocycles. The number of benzene rings is 1. The van der Waals surface area contributed by atoms with Crippen molar-refractivity contribution < 1.29 is 5.11 Å². The zero-order chi connectivity index (χ0) is 17.7. The van der Waals surface area contributed by atoms with E-state index in [4.69, 9.17) is 5.11 Å². The lowest BCUT2D eigenvalue weighted by Crippen LogP contribution is -2.29. The summed E-state index contributed by atoms with van der Waals surface area (Å²) in [5.74, 6) is 0.866. The first-order chi connectivity index (χ1) is 11.1. The Labute approximate surface area is 144 Å². The van der Waals surface area contributed by atoms with Gasteiger partial charge in [-0.25, -0.2) is 0 Å². The SMILES string of the molecule is CC.CC.CC1(CO)CCC1.CC1CCN(c2ccccc2)C1. The second-order valence-corrected chi connectivity index (χ2v) is 6.50. The quantitative estimate of drug-likeness (QED) is 0.749. The second kappa shape index (κ2) is 12.4. The first kappa shape index (κ1) is 22.0. The van der Waals surface area contributed by atoms with Crippen LogP contribution in [0.1, 0.15) is 67.2 Å². The first-order valence-corrected chi connectivity index (χ1v) is 9.54. The number of rotatable bonds is 2. The summed E-state index contributed by atoms with van der Waals surface area (Å²) in [6.07, 6.45) is 5.11. The molecule has 1 unspecified atom stereocenters. The van der Waals surface area contributed by atoms with Gasteiger partial charge in [0.25, 0.3) is 0 Å².